The number of nitrogens with zero attached hydrogens (tertiary/aromatic N) is 3. The summed E-state index contributed by atoms with van der Waals surface area (Å²) in [5.74, 6) is -1.31. The van der Waals surface area contributed by atoms with Crippen molar-refractivity contribution in [1.82, 2.24) is 14.8 Å². The number of thiol groups is 1. The Morgan fingerprint density at radius 2 is 1.65 bits per heavy atom. The molecule has 2 heterocycles. The molecule has 2 aromatic heterocycles. The second-order valence-corrected chi connectivity index (χ2v) is 10.7. The van der Waals surface area contributed by atoms with Gasteiger partial charge in [-0.05, 0) is 34.9 Å². The summed E-state index contributed by atoms with van der Waals surface area (Å²) in [6, 6.07) is 22.6. The first kappa shape index (κ1) is 27.4. The average molecular weight is 584 g/mol. The zero-order valence-corrected chi connectivity index (χ0v) is 22.2. The molecule has 0 aliphatic heterocycles. The number of hydrogen-bond donors (Lipinski definition) is 1. The van der Waals surface area contributed by atoms with Crippen molar-refractivity contribution in [3.05, 3.63) is 107 Å². The van der Waals surface area contributed by atoms with Crippen LogP contribution in [0.1, 0.15) is 27.3 Å². The minimum atomic E-state index is -4.60. The summed E-state index contributed by atoms with van der Waals surface area (Å²) in [6.07, 6.45) is -5.92. The van der Waals surface area contributed by atoms with Crippen molar-refractivity contribution >= 4 is 28.4 Å². The van der Waals surface area contributed by atoms with Crippen molar-refractivity contribution in [2.24, 2.45) is 0 Å². The van der Waals surface area contributed by atoms with Crippen LogP contribution in [0.2, 0.25) is 0 Å². The maximum Gasteiger partial charge on any atom is 0.394 e. The molecule has 0 aliphatic rings. The van der Waals surface area contributed by atoms with E-state index >= 15 is 0 Å². The second-order valence-electron chi connectivity index (χ2n) is 8.85. The fourth-order valence-corrected chi connectivity index (χ4v) is 5.47. The molecule has 40 heavy (non-hydrogen) atoms. The third-order valence-electron chi connectivity index (χ3n) is 6.12. The summed E-state index contributed by atoms with van der Waals surface area (Å²) < 4.78 is 65.5. The summed E-state index contributed by atoms with van der Waals surface area (Å²) in [5, 5.41) is 15.1. The maximum atomic E-state index is 13.9. The zero-order chi connectivity index (χ0) is 28.4. The predicted molar refractivity (Wildman–Crippen MR) is 145 cm³/mol. The number of thiazole rings is 1. The molecule has 1 N–H and O–H groups in total. The number of benzene rings is 3. The van der Waals surface area contributed by atoms with Crippen molar-refractivity contribution in [1.29, 1.82) is 0 Å². The second kappa shape index (κ2) is 11.2. The molecule has 1 unspecified atom stereocenters. The lowest BCUT2D eigenvalue weighted by Crippen LogP contribution is -2.17. The van der Waals surface area contributed by atoms with Crippen LogP contribution in [0.3, 0.4) is 0 Å². The Morgan fingerprint density at radius 3 is 2.27 bits per heavy atom. The molecule has 0 spiro atoms. The molecule has 7 nitrogen and oxygen atoms in total. The maximum absolute atomic E-state index is 13.9. The van der Waals surface area contributed by atoms with E-state index in [0.717, 1.165) is 27.1 Å². The first-order valence-corrected chi connectivity index (χ1v) is 13.9. The summed E-state index contributed by atoms with van der Waals surface area (Å²) >= 11 is -1.94. The number of carboxylic acids is 1. The third kappa shape index (κ3) is 6.03. The quantitative estimate of drug-likeness (QED) is 0.171. The standard InChI is InChI=1S/C28H20F3N3O4S2/c29-28(30,31)15-24-22(13-17-9-11-21(12-10-17)40(37)38)25(33-34(24)27-32-23(16-39-27)26(35)36)20-8-4-7-19(14-20)18-5-2-1-3-6-18/h1-12,14,16,40H,13,15H2,(H-,35,36,37,38). The van der Waals surface area contributed by atoms with Crippen molar-refractivity contribution in [2.45, 2.75) is 23.9 Å². The molecule has 0 fully saturated rings. The lowest BCUT2D eigenvalue weighted by atomic mass is 9.95. The number of halogens is 3. The smallest absolute Gasteiger partial charge is 0.394 e. The Bertz CT molecular complexity index is 1700. The van der Waals surface area contributed by atoms with Crippen LogP contribution in [0, 0.1) is 0 Å². The van der Waals surface area contributed by atoms with Crippen molar-refractivity contribution in [2.75, 3.05) is 0 Å². The van der Waals surface area contributed by atoms with Gasteiger partial charge in [0.05, 0.1) is 28.9 Å². The number of alkyl halides is 3. The molecule has 3 aromatic carbocycles. The molecule has 0 amide bonds. The number of aromatic carboxylic acids is 1. The lowest BCUT2D eigenvalue weighted by Gasteiger charge is -2.12. The number of carboxylic acid groups (broad SMARTS) is 1. The molecule has 204 valence electrons. The van der Waals surface area contributed by atoms with Crippen molar-refractivity contribution in [3.63, 3.8) is 0 Å². The molecular formula is C28H20F3N3O4S2. The van der Waals surface area contributed by atoms with Gasteiger partial charge in [-0.3, -0.25) is 0 Å². The van der Waals surface area contributed by atoms with Crippen LogP contribution in [0.5, 0.6) is 0 Å². The molecular weight excluding hydrogens is 563 g/mol. The highest BCUT2D eigenvalue weighted by Crippen LogP contribution is 2.35. The van der Waals surface area contributed by atoms with E-state index in [-0.39, 0.29) is 39.1 Å². The number of hydrogen-bond acceptors (Lipinski definition) is 6. The number of aromatic nitrogens is 3. The van der Waals surface area contributed by atoms with Gasteiger partial charge in [0.1, 0.15) is 0 Å². The Kier molecular flexibility index (Phi) is 7.66. The van der Waals surface area contributed by atoms with Crippen LogP contribution < -0.4 is 0 Å². The van der Waals surface area contributed by atoms with E-state index in [1.165, 1.54) is 17.5 Å². The fraction of sp³-hybridized carbons (Fsp3) is 0.107. The van der Waals surface area contributed by atoms with Gasteiger partial charge in [-0.25, -0.2) is 14.5 Å². The van der Waals surface area contributed by atoms with Crippen LogP contribution in [0.15, 0.2) is 89.1 Å². The van der Waals surface area contributed by atoms with Gasteiger partial charge in [-0.15, -0.1) is 15.5 Å². The average Bonchev–Trinajstić information content (AvgIpc) is 3.55. The van der Waals surface area contributed by atoms with Crippen molar-refractivity contribution in [3.8, 4) is 27.5 Å². The Hall–Kier alpha value is -4.13. The molecule has 5 rings (SSSR count). The molecule has 12 heteroatoms. The topological polar surface area (TPSA) is 108 Å². The van der Waals surface area contributed by atoms with E-state index in [1.54, 1.807) is 24.3 Å². The Morgan fingerprint density at radius 1 is 0.975 bits per heavy atom. The van der Waals surface area contributed by atoms with Gasteiger partial charge in [-0.2, -0.15) is 18.3 Å². The lowest BCUT2D eigenvalue weighted by molar-refractivity contribution is -0.128. The molecule has 0 saturated heterocycles. The third-order valence-corrected chi connectivity index (χ3v) is 7.66. The first-order valence-electron chi connectivity index (χ1n) is 11.8. The van der Waals surface area contributed by atoms with Crippen LogP contribution in [0.25, 0.3) is 27.5 Å². The van der Waals surface area contributed by atoms with Gasteiger partial charge in [0.15, 0.2) is 10.6 Å². The van der Waals surface area contributed by atoms with Gasteiger partial charge in [0.25, 0.3) is 0 Å². The highest BCUT2D eigenvalue weighted by molar-refractivity contribution is 7.79. The van der Waals surface area contributed by atoms with E-state index in [1.807, 2.05) is 42.5 Å². The normalized spacial score (nSPS) is 12.4. The SMILES string of the molecule is O=C(O)c1csc(-n2nc(-c3cccc(-c4ccccc4)c3)c(Cc3ccc([SH+](=O)[O-])cc3)c2CC(F)(F)F)n1. The number of carbonyl (C=O) groups is 1. The molecule has 0 saturated carbocycles. The van der Waals surface area contributed by atoms with Gasteiger partial charge >= 0.3 is 12.1 Å². The molecule has 0 bridgehead atoms. The van der Waals surface area contributed by atoms with Gasteiger partial charge < -0.3 is 9.66 Å². The number of rotatable bonds is 8. The molecule has 0 radical (unpaired) electrons. The van der Waals surface area contributed by atoms with Crippen LogP contribution >= 0.6 is 11.3 Å². The summed E-state index contributed by atoms with van der Waals surface area (Å²) in [5.41, 5.74) is 2.96. The Labute approximate surface area is 232 Å². The highest BCUT2D eigenvalue weighted by atomic mass is 32.2. The summed E-state index contributed by atoms with van der Waals surface area (Å²) in [4.78, 5) is 15.5. The molecule has 5 aromatic rings. The predicted octanol–water partition coefficient (Wildman–Crippen LogP) is 6.24. The van der Waals surface area contributed by atoms with E-state index in [2.05, 4.69) is 10.1 Å². The highest BCUT2D eigenvalue weighted by Gasteiger charge is 2.34. The minimum Gasteiger partial charge on any atom is -0.612 e. The van der Waals surface area contributed by atoms with E-state index in [0.29, 0.717) is 11.1 Å². The first-order chi connectivity index (χ1) is 19.1. The van der Waals surface area contributed by atoms with Gasteiger partial charge in [-0.1, -0.05) is 60.7 Å². The Balaban J connectivity index is 1.71. The monoisotopic (exact) mass is 583 g/mol. The van der Waals surface area contributed by atoms with Gasteiger partial charge in [0.2, 0.25) is 5.13 Å². The van der Waals surface area contributed by atoms with Crippen molar-refractivity contribution < 1.29 is 31.8 Å². The minimum absolute atomic E-state index is 0.0120. The van der Waals surface area contributed by atoms with Crippen LogP contribution in [-0.2, 0) is 28.1 Å². The van der Waals surface area contributed by atoms with Gasteiger partial charge in [0, 0.05) is 22.9 Å². The van der Waals surface area contributed by atoms with E-state index < -0.39 is 29.6 Å². The zero-order valence-electron chi connectivity index (χ0n) is 20.5. The van der Waals surface area contributed by atoms with Crippen LogP contribution in [-0.4, -0.2) is 36.6 Å². The van der Waals surface area contributed by atoms with E-state index in [9.17, 15) is 31.8 Å². The fourth-order valence-electron chi connectivity index (χ4n) is 4.31. The largest absolute Gasteiger partial charge is 0.612 e. The molecule has 1 atom stereocenters. The summed E-state index contributed by atoms with van der Waals surface area (Å²) in [7, 11) is 0. The van der Waals surface area contributed by atoms with E-state index in [4.69, 9.17) is 0 Å². The molecule has 0 aliphatic carbocycles. The van der Waals surface area contributed by atoms with Crippen LogP contribution in [0.4, 0.5) is 13.2 Å². The summed E-state index contributed by atoms with van der Waals surface area (Å²) in [6.45, 7) is 0.